The van der Waals surface area contributed by atoms with Gasteiger partial charge in [-0.15, -0.1) is 11.3 Å². The standard InChI is InChI=1S/C9H12BrF2NS/c10-3-4-13(7-9(11)12)6-8-2-1-5-14-8/h1-2,5,9H,3-4,6-7H2. The summed E-state index contributed by atoms with van der Waals surface area (Å²) in [7, 11) is 0. The van der Waals surface area contributed by atoms with E-state index in [0.717, 1.165) is 10.2 Å². The molecule has 14 heavy (non-hydrogen) atoms. The van der Waals surface area contributed by atoms with Crippen molar-refractivity contribution in [2.45, 2.75) is 13.0 Å². The van der Waals surface area contributed by atoms with Gasteiger partial charge in [-0.25, -0.2) is 8.78 Å². The van der Waals surface area contributed by atoms with E-state index in [1.54, 1.807) is 16.2 Å². The number of hydrogen-bond donors (Lipinski definition) is 0. The van der Waals surface area contributed by atoms with Crippen LogP contribution in [0.25, 0.3) is 0 Å². The van der Waals surface area contributed by atoms with Gasteiger partial charge in [-0.2, -0.15) is 0 Å². The summed E-state index contributed by atoms with van der Waals surface area (Å²) in [5.74, 6) is 0. The Labute approximate surface area is 94.9 Å². The molecule has 0 fully saturated rings. The molecule has 0 N–H and O–H groups in total. The lowest BCUT2D eigenvalue weighted by Gasteiger charge is -2.19. The molecule has 0 aliphatic rings. The van der Waals surface area contributed by atoms with E-state index >= 15 is 0 Å². The minimum Gasteiger partial charge on any atom is -0.292 e. The van der Waals surface area contributed by atoms with Crippen molar-refractivity contribution in [2.75, 3.05) is 18.4 Å². The van der Waals surface area contributed by atoms with Crippen LogP contribution >= 0.6 is 27.3 Å². The lowest BCUT2D eigenvalue weighted by Crippen LogP contribution is -2.29. The highest BCUT2D eigenvalue weighted by atomic mass is 79.9. The lowest BCUT2D eigenvalue weighted by atomic mass is 10.4. The number of alkyl halides is 3. The number of nitrogens with zero attached hydrogens (tertiary/aromatic N) is 1. The molecule has 1 aromatic rings. The molecule has 80 valence electrons. The highest BCUT2D eigenvalue weighted by molar-refractivity contribution is 9.09. The Hall–Kier alpha value is -0.0000000000000000833. The van der Waals surface area contributed by atoms with E-state index in [1.165, 1.54) is 0 Å². The molecule has 0 atom stereocenters. The normalized spacial score (nSPS) is 11.5. The summed E-state index contributed by atoms with van der Waals surface area (Å²) in [6.45, 7) is 1.12. The van der Waals surface area contributed by atoms with Gasteiger partial charge in [-0.05, 0) is 11.4 Å². The van der Waals surface area contributed by atoms with Gasteiger partial charge >= 0.3 is 0 Å². The number of rotatable bonds is 6. The molecule has 1 aromatic heterocycles. The third-order valence-corrected chi connectivity index (χ3v) is 2.97. The summed E-state index contributed by atoms with van der Waals surface area (Å²) >= 11 is 4.86. The van der Waals surface area contributed by atoms with Gasteiger partial charge in [0.05, 0.1) is 6.54 Å². The molecule has 0 saturated carbocycles. The Bertz CT molecular complexity index is 241. The SMILES string of the molecule is FC(F)CN(CCBr)Cc1cccs1. The number of halogens is 3. The average molecular weight is 284 g/mol. The van der Waals surface area contributed by atoms with Crippen LogP contribution in [-0.2, 0) is 6.54 Å². The molecule has 1 rings (SSSR count). The van der Waals surface area contributed by atoms with Crippen LogP contribution in [0.15, 0.2) is 17.5 Å². The summed E-state index contributed by atoms with van der Waals surface area (Å²) < 4.78 is 24.4. The summed E-state index contributed by atoms with van der Waals surface area (Å²) in [5, 5.41) is 2.69. The Morgan fingerprint density at radius 1 is 1.50 bits per heavy atom. The van der Waals surface area contributed by atoms with Crippen LogP contribution in [0.1, 0.15) is 4.88 Å². The van der Waals surface area contributed by atoms with Crippen molar-refractivity contribution in [3.05, 3.63) is 22.4 Å². The monoisotopic (exact) mass is 283 g/mol. The van der Waals surface area contributed by atoms with Gasteiger partial charge < -0.3 is 0 Å². The zero-order valence-electron chi connectivity index (χ0n) is 7.63. The molecule has 0 aliphatic heterocycles. The van der Waals surface area contributed by atoms with E-state index in [-0.39, 0.29) is 6.54 Å². The molecule has 0 amide bonds. The zero-order chi connectivity index (χ0) is 10.4. The van der Waals surface area contributed by atoms with Gasteiger partial charge in [-0.1, -0.05) is 22.0 Å². The van der Waals surface area contributed by atoms with Gasteiger partial charge in [0.15, 0.2) is 0 Å². The van der Waals surface area contributed by atoms with Crippen molar-refractivity contribution in [1.82, 2.24) is 4.90 Å². The van der Waals surface area contributed by atoms with Crippen molar-refractivity contribution < 1.29 is 8.78 Å². The topological polar surface area (TPSA) is 3.24 Å². The number of thiophene rings is 1. The van der Waals surface area contributed by atoms with Crippen molar-refractivity contribution in [3.8, 4) is 0 Å². The molecule has 5 heteroatoms. The maximum Gasteiger partial charge on any atom is 0.251 e. The molecule has 0 spiro atoms. The van der Waals surface area contributed by atoms with Crippen LogP contribution in [0, 0.1) is 0 Å². The van der Waals surface area contributed by atoms with Crippen LogP contribution in [0.2, 0.25) is 0 Å². The molecule has 0 aliphatic carbocycles. The fourth-order valence-electron chi connectivity index (χ4n) is 1.17. The predicted octanol–water partition coefficient (Wildman–Crippen LogP) is 3.21. The highest BCUT2D eigenvalue weighted by Crippen LogP contribution is 2.12. The van der Waals surface area contributed by atoms with Crippen molar-refractivity contribution >= 4 is 27.3 Å². The molecule has 0 bridgehead atoms. The molecular weight excluding hydrogens is 272 g/mol. The minimum absolute atomic E-state index is 0.149. The van der Waals surface area contributed by atoms with Gasteiger partial charge in [0, 0.05) is 23.3 Å². The minimum atomic E-state index is -2.26. The third-order valence-electron chi connectivity index (χ3n) is 1.76. The first-order valence-electron chi connectivity index (χ1n) is 4.31. The third kappa shape index (κ3) is 4.48. The van der Waals surface area contributed by atoms with Crippen LogP contribution in [0.4, 0.5) is 8.78 Å². The van der Waals surface area contributed by atoms with E-state index in [2.05, 4.69) is 15.9 Å². The van der Waals surface area contributed by atoms with E-state index in [0.29, 0.717) is 13.1 Å². The molecular formula is C9H12BrF2NS. The first-order valence-corrected chi connectivity index (χ1v) is 6.31. The maximum absolute atomic E-state index is 12.2. The molecule has 0 unspecified atom stereocenters. The van der Waals surface area contributed by atoms with Crippen molar-refractivity contribution in [1.29, 1.82) is 0 Å². The van der Waals surface area contributed by atoms with Gasteiger partial charge in [0.2, 0.25) is 0 Å². The van der Waals surface area contributed by atoms with Gasteiger partial charge in [0.25, 0.3) is 6.43 Å². The molecule has 1 nitrogen and oxygen atoms in total. The second kappa shape index (κ2) is 6.48. The Balaban J connectivity index is 2.42. The summed E-state index contributed by atoms with van der Waals surface area (Å²) in [5.41, 5.74) is 0. The summed E-state index contributed by atoms with van der Waals surface area (Å²) in [4.78, 5) is 2.89. The molecule has 0 radical (unpaired) electrons. The second-order valence-electron chi connectivity index (χ2n) is 2.89. The summed E-state index contributed by atoms with van der Waals surface area (Å²) in [6, 6.07) is 3.91. The van der Waals surface area contributed by atoms with Gasteiger partial charge in [-0.3, -0.25) is 4.90 Å². The molecule has 0 aromatic carbocycles. The fraction of sp³-hybridized carbons (Fsp3) is 0.556. The maximum atomic E-state index is 12.2. The van der Waals surface area contributed by atoms with Gasteiger partial charge in [0.1, 0.15) is 0 Å². The van der Waals surface area contributed by atoms with Crippen LogP contribution in [0.5, 0.6) is 0 Å². The predicted molar refractivity (Wildman–Crippen MR) is 59.4 cm³/mol. The first kappa shape index (κ1) is 12.1. The van der Waals surface area contributed by atoms with Crippen LogP contribution in [-0.4, -0.2) is 29.7 Å². The largest absolute Gasteiger partial charge is 0.292 e. The lowest BCUT2D eigenvalue weighted by molar-refractivity contribution is 0.0886. The molecule has 0 saturated heterocycles. The smallest absolute Gasteiger partial charge is 0.251 e. The fourth-order valence-corrected chi connectivity index (χ4v) is 2.42. The highest BCUT2D eigenvalue weighted by Gasteiger charge is 2.11. The van der Waals surface area contributed by atoms with Crippen LogP contribution in [0.3, 0.4) is 0 Å². The summed E-state index contributed by atoms with van der Waals surface area (Å²) in [6.07, 6.45) is -2.26. The van der Waals surface area contributed by atoms with E-state index in [4.69, 9.17) is 0 Å². The number of hydrogen-bond acceptors (Lipinski definition) is 2. The Morgan fingerprint density at radius 3 is 2.79 bits per heavy atom. The Morgan fingerprint density at radius 2 is 2.29 bits per heavy atom. The van der Waals surface area contributed by atoms with Crippen molar-refractivity contribution in [3.63, 3.8) is 0 Å². The quantitative estimate of drug-likeness (QED) is 0.725. The molecule has 1 heterocycles. The Kier molecular flexibility index (Phi) is 5.59. The zero-order valence-corrected chi connectivity index (χ0v) is 10.0. The van der Waals surface area contributed by atoms with E-state index in [1.807, 2.05) is 17.5 Å². The van der Waals surface area contributed by atoms with Crippen LogP contribution < -0.4 is 0 Å². The van der Waals surface area contributed by atoms with E-state index < -0.39 is 6.43 Å². The first-order chi connectivity index (χ1) is 6.72. The average Bonchev–Trinajstić information content (AvgIpc) is 2.56. The second-order valence-corrected chi connectivity index (χ2v) is 4.72. The van der Waals surface area contributed by atoms with Crippen molar-refractivity contribution in [2.24, 2.45) is 0 Å². The van der Waals surface area contributed by atoms with E-state index in [9.17, 15) is 8.78 Å².